The van der Waals surface area contributed by atoms with Gasteiger partial charge in [0.25, 0.3) is 0 Å². The number of hydrogen-bond acceptors (Lipinski definition) is 4. The fraction of sp³-hybridized carbons (Fsp3) is 0.179. The number of carbonyl (C=O) groups is 1. The van der Waals surface area contributed by atoms with Crippen molar-refractivity contribution in [3.63, 3.8) is 0 Å². The van der Waals surface area contributed by atoms with Crippen molar-refractivity contribution in [2.75, 3.05) is 12.9 Å². The van der Waals surface area contributed by atoms with E-state index in [2.05, 4.69) is 12.1 Å². The van der Waals surface area contributed by atoms with Gasteiger partial charge < -0.3 is 9.47 Å². The van der Waals surface area contributed by atoms with Gasteiger partial charge in [0.05, 0.1) is 23.7 Å². The molecule has 0 saturated carbocycles. The van der Waals surface area contributed by atoms with Crippen molar-refractivity contribution >= 4 is 27.5 Å². The fourth-order valence-corrected chi connectivity index (χ4v) is 5.17. The number of benzene rings is 4. The maximum Gasteiger partial charge on any atom is 0.303 e. The Hall–Kier alpha value is -3.44. The summed E-state index contributed by atoms with van der Waals surface area (Å²) in [6.45, 7) is 3.37. The van der Waals surface area contributed by atoms with E-state index in [-0.39, 0.29) is 5.75 Å². The van der Waals surface area contributed by atoms with Gasteiger partial charge in [-0.2, -0.15) is 0 Å². The van der Waals surface area contributed by atoms with Crippen LogP contribution in [-0.4, -0.2) is 23.0 Å². The highest BCUT2D eigenvalue weighted by atomic mass is 32.2. The van der Waals surface area contributed by atoms with Crippen LogP contribution in [0.25, 0.3) is 21.9 Å². The van der Waals surface area contributed by atoms with E-state index < -0.39 is 22.9 Å². The molecular formula is C28H26O4S. The predicted molar refractivity (Wildman–Crippen MR) is 133 cm³/mol. The summed E-state index contributed by atoms with van der Waals surface area (Å²) in [6.07, 6.45) is -0.676. The Balaban J connectivity index is 1.83. The van der Waals surface area contributed by atoms with Crippen LogP contribution >= 0.6 is 0 Å². The van der Waals surface area contributed by atoms with Crippen LogP contribution in [0.15, 0.2) is 89.8 Å². The van der Waals surface area contributed by atoms with Crippen molar-refractivity contribution in [2.45, 2.75) is 24.8 Å². The zero-order valence-corrected chi connectivity index (χ0v) is 19.7. The molecule has 0 spiro atoms. The van der Waals surface area contributed by atoms with Crippen LogP contribution in [0.2, 0.25) is 0 Å². The molecular weight excluding hydrogens is 432 g/mol. The van der Waals surface area contributed by atoms with Gasteiger partial charge in [0.1, 0.15) is 11.9 Å². The largest absolute Gasteiger partial charge is 0.496 e. The third kappa shape index (κ3) is 4.99. The molecule has 4 rings (SSSR count). The maximum atomic E-state index is 13.2. The first-order chi connectivity index (χ1) is 16.0. The number of carbonyl (C=O) groups excluding carboxylic acids is 1. The molecule has 0 aromatic heterocycles. The molecule has 0 saturated heterocycles. The van der Waals surface area contributed by atoms with Gasteiger partial charge in [0, 0.05) is 22.9 Å². The Kier molecular flexibility index (Phi) is 6.90. The summed E-state index contributed by atoms with van der Waals surface area (Å²) in [7, 11) is 0.299. The van der Waals surface area contributed by atoms with E-state index in [9.17, 15) is 9.00 Å². The number of ether oxygens (including phenoxy) is 2. The summed E-state index contributed by atoms with van der Waals surface area (Å²) in [4.78, 5) is 12.7. The first kappa shape index (κ1) is 22.7. The molecule has 33 heavy (non-hydrogen) atoms. The van der Waals surface area contributed by atoms with Crippen LogP contribution in [0.4, 0.5) is 0 Å². The molecule has 0 bridgehead atoms. The molecule has 168 valence electrons. The smallest absolute Gasteiger partial charge is 0.303 e. The van der Waals surface area contributed by atoms with Crippen LogP contribution < -0.4 is 4.74 Å². The van der Waals surface area contributed by atoms with Gasteiger partial charge in [-0.3, -0.25) is 9.00 Å². The van der Waals surface area contributed by atoms with Crippen molar-refractivity contribution in [1.82, 2.24) is 0 Å². The summed E-state index contributed by atoms with van der Waals surface area (Å²) in [5.41, 5.74) is 3.70. The molecule has 4 nitrogen and oxygen atoms in total. The predicted octanol–water partition coefficient (Wildman–Crippen LogP) is 6.24. The Bertz CT molecular complexity index is 1310. The first-order valence-electron chi connectivity index (χ1n) is 10.7. The molecule has 0 N–H and O–H groups in total. The topological polar surface area (TPSA) is 52.6 Å². The van der Waals surface area contributed by atoms with Crippen LogP contribution in [-0.2, 0) is 20.3 Å². The van der Waals surface area contributed by atoms with Crippen LogP contribution in [0, 0.1) is 6.92 Å². The first-order valence-corrected chi connectivity index (χ1v) is 12.1. The quantitative estimate of drug-likeness (QED) is 0.308. The van der Waals surface area contributed by atoms with E-state index in [1.165, 1.54) is 6.92 Å². The number of esters is 1. The molecule has 4 aromatic carbocycles. The second kappa shape index (κ2) is 10.0. The Morgan fingerprint density at radius 1 is 0.909 bits per heavy atom. The highest BCUT2D eigenvalue weighted by Crippen LogP contribution is 2.41. The molecule has 0 aliphatic heterocycles. The fourth-order valence-electron chi connectivity index (χ4n) is 4.02. The minimum Gasteiger partial charge on any atom is -0.496 e. The van der Waals surface area contributed by atoms with Gasteiger partial charge in [-0.05, 0) is 41.5 Å². The summed E-state index contributed by atoms with van der Waals surface area (Å²) >= 11 is 0. The van der Waals surface area contributed by atoms with Crippen LogP contribution in [0.5, 0.6) is 5.75 Å². The highest BCUT2D eigenvalue weighted by Gasteiger charge is 2.24. The molecule has 0 heterocycles. The SMILES string of the molecule is COc1ccc2ccccc2c1-c1ccccc1[C@H](C[S@@](=O)c1ccc(C)cc1)OC(C)=O. The van der Waals surface area contributed by atoms with Gasteiger partial charge >= 0.3 is 5.97 Å². The van der Waals surface area contributed by atoms with E-state index in [1.54, 1.807) is 7.11 Å². The van der Waals surface area contributed by atoms with Gasteiger partial charge in [0.15, 0.2) is 0 Å². The average Bonchev–Trinajstić information content (AvgIpc) is 2.83. The number of fused-ring (bicyclic) bond motifs is 1. The lowest BCUT2D eigenvalue weighted by atomic mass is 9.92. The van der Waals surface area contributed by atoms with Crippen molar-refractivity contribution in [1.29, 1.82) is 0 Å². The van der Waals surface area contributed by atoms with Gasteiger partial charge in [-0.1, -0.05) is 72.3 Å². The summed E-state index contributed by atoms with van der Waals surface area (Å²) in [5, 5.41) is 2.11. The standard InChI is InChI=1S/C28H26O4S/c1-19-12-15-22(16-13-19)33(30)18-27(32-20(2)29)24-10-6-7-11-25(24)28-23-9-5-4-8-21(23)14-17-26(28)31-3/h4-17,27H,18H2,1-3H3/t27-,33+/m0/s1. The third-order valence-electron chi connectivity index (χ3n) is 5.58. The van der Waals surface area contributed by atoms with E-state index in [0.29, 0.717) is 4.90 Å². The average molecular weight is 459 g/mol. The van der Waals surface area contributed by atoms with Gasteiger partial charge in [0.2, 0.25) is 0 Å². The van der Waals surface area contributed by atoms with Gasteiger partial charge in [-0.25, -0.2) is 0 Å². The maximum absolute atomic E-state index is 13.2. The Morgan fingerprint density at radius 3 is 2.33 bits per heavy atom. The number of aryl methyl sites for hydroxylation is 1. The molecule has 0 radical (unpaired) electrons. The minimum atomic E-state index is -1.35. The lowest BCUT2D eigenvalue weighted by Crippen LogP contribution is -2.17. The van der Waals surface area contributed by atoms with E-state index in [1.807, 2.05) is 79.7 Å². The molecule has 0 unspecified atom stereocenters. The summed E-state index contributed by atoms with van der Waals surface area (Å²) < 4.78 is 24.6. The number of rotatable bonds is 7. The summed E-state index contributed by atoms with van der Waals surface area (Å²) in [6, 6.07) is 27.4. The second-order valence-electron chi connectivity index (χ2n) is 7.87. The molecule has 0 fully saturated rings. The van der Waals surface area contributed by atoms with Gasteiger partial charge in [-0.15, -0.1) is 0 Å². The minimum absolute atomic E-state index is 0.159. The van der Waals surface area contributed by atoms with E-state index in [0.717, 1.165) is 38.8 Å². The number of methoxy groups -OCH3 is 1. The molecule has 4 aromatic rings. The molecule has 0 aliphatic carbocycles. The zero-order chi connectivity index (χ0) is 23.4. The van der Waals surface area contributed by atoms with Crippen molar-refractivity contribution in [3.8, 4) is 16.9 Å². The van der Waals surface area contributed by atoms with E-state index >= 15 is 0 Å². The molecule has 5 heteroatoms. The lowest BCUT2D eigenvalue weighted by molar-refractivity contribution is -0.145. The van der Waals surface area contributed by atoms with E-state index in [4.69, 9.17) is 9.47 Å². The number of hydrogen-bond donors (Lipinski definition) is 0. The third-order valence-corrected chi connectivity index (χ3v) is 6.99. The lowest BCUT2D eigenvalue weighted by Gasteiger charge is -2.22. The van der Waals surface area contributed by atoms with Crippen LogP contribution in [0.1, 0.15) is 24.2 Å². The Morgan fingerprint density at radius 2 is 1.61 bits per heavy atom. The van der Waals surface area contributed by atoms with Crippen molar-refractivity contribution < 1.29 is 18.5 Å². The zero-order valence-electron chi connectivity index (χ0n) is 18.9. The van der Waals surface area contributed by atoms with Crippen molar-refractivity contribution in [2.24, 2.45) is 0 Å². The molecule has 0 amide bonds. The summed E-state index contributed by atoms with van der Waals surface area (Å²) in [5.74, 6) is 0.468. The monoisotopic (exact) mass is 458 g/mol. The van der Waals surface area contributed by atoms with Crippen molar-refractivity contribution in [3.05, 3.63) is 96.1 Å². The highest BCUT2D eigenvalue weighted by molar-refractivity contribution is 7.85. The second-order valence-corrected chi connectivity index (χ2v) is 9.37. The van der Waals surface area contributed by atoms with Crippen LogP contribution in [0.3, 0.4) is 0 Å². The molecule has 2 atom stereocenters. The Labute approximate surface area is 196 Å². The molecule has 0 aliphatic rings. The normalized spacial score (nSPS) is 12.8.